The molecule has 0 N–H and O–H groups in total. The van der Waals surface area contributed by atoms with E-state index in [-0.39, 0.29) is 39.1 Å². The Morgan fingerprint density at radius 1 is 0.547 bits per heavy atom. The van der Waals surface area contributed by atoms with E-state index < -0.39 is 67.7 Å². The van der Waals surface area contributed by atoms with Crippen molar-refractivity contribution in [3.05, 3.63) is 192 Å². The summed E-state index contributed by atoms with van der Waals surface area (Å²) in [6.45, 7) is 9.67. The summed E-state index contributed by atoms with van der Waals surface area (Å²) >= 11 is 0. The van der Waals surface area contributed by atoms with Crippen LogP contribution in [-0.2, 0) is 78.5 Å². The van der Waals surface area contributed by atoms with Crippen molar-refractivity contribution in [2.24, 2.45) is 0 Å². The third-order valence-electron chi connectivity index (χ3n) is 11.3. The molecule has 0 aliphatic carbocycles. The van der Waals surface area contributed by atoms with Crippen LogP contribution < -0.4 is 0 Å². The van der Waals surface area contributed by atoms with Gasteiger partial charge in [-0.3, -0.25) is 0 Å². The van der Waals surface area contributed by atoms with E-state index in [0.29, 0.717) is 13.2 Å². The molecule has 11 atom stereocenters. The molecule has 0 saturated carbocycles. The van der Waals surface area contributed by atoms with Crippen molar-refractivity contribution < 1.29 is 52.1 Å². The van der Waals surface area contributed by atoms with Crippen molar-refractivity contribution in [2.75, 3.05) is 19.8 Å². The van der Waals surface area contributed by atoms with Gasteiger partial charge in [-0.05, 0) is 36.1 Å². The third-order valence-corrected chi connectivity index (χ3v) is 11.3. The summed E-state index contributed by atoms with van der Waals surface area (Å²) in [7, 11) is 0. The smallest absolute Gasteiger partial charge is 0.187 e. The summed E-state index contributed by atoms with van der Waals surface area (Å²) in [5.41, 5.74) is 4.88. The van der Waals surface area contributed by atoms with Crippen LogP contribution in [-0.4, -0.2) is 87.3 Å². The maximum Gasteiger partial charge on any atom is 0.187 e. The van der Waals surface area contributed by atoms with E-state index in [1.807, 2.05) is 166 Å². The molecule has 0 aromatic heterocycles. The quantitative estimate of drug-likeness (QED) is 0.0661. The fourth-order valence-corrected chi connectivity index (χ4v) is 8.22. The minimum absolute atomic E-state index is 0.143. The van der Waals surface area contributed by atoms with Crippen molar-refractivity contribution in [3.63, 3.8) is 0 Å². The Hall–Kier alpha value is -4.60. The molecule has 11 heteroatoms. The summed E-state index contributed by atoms with van der Waals surface area (Å²) in [5, 5.41) is 0. The van der Waals surface area contributed by atoms with Crippen molar-refractivity contribution in [2.45, 2.75) is 114 Å². The predicted octanol–water partition coefficient (Wildman–Crippen LogP) is 8.90. The number of fused-ring (bicyclic) bond motifs is 1. The molecule has 5 aromatic rings. The van der Waals surface area contributed by atoms with Crippen LogP contribution in [0.15, 0.2) is 164 Å². The predicted molar refractivity (Wildman–Crippen MR) is 240 cm³/mol. The van der Waals surface area contributed by atoms with Gasteiger partial charge in [0, 0.05) is 5.56 Å². The van der Waals surface area contributed by atoms with E-state index in [4.69, 9.17) is 52.1 Å². The van der Waals surface area contributed by atoms with Gasteiger partial charge in [-0.15, -0.1) is 6.58 Å². The molecule has 0 radical (unpaired) electrons. The normalized spacial score (nSPS) is 28.1. The van der Waals surface area contributed by atoms with Gasteiger partial charge in [-0.2, -0.15) is 0 Å². The van der Waals surface area contributed by atoms with Gasteiger partial charge < -0.3 is 52.1 Å². The second-order valence-electron chi connectivity index (χ2n) is 16.4. The van der Waals surface area contributed by atoms with Crippen molar-refractivity contribution in [3.8, 4) is 0 Å². The van der Waals surface area contributed by atoms with Gasteiger partial charge in [-0.25, -0.2) is 0 Å². The Bertz CT molecular complexity index is 2080. The first kappa shape index (κ1) is 45.9. The van der Waals surface area contributed by atoms with E-state index in [9.17, 15) is 0 Å². The van der Waals surface area contributed by atoms with Crippen LogP contribution in [0.1, 0.15) is 48.0 Å². The first-order chi connectivity index (χ1) is 31.5. The molecule has 5 aromatic carbocycles. The standard InChI is InChI=1S/C53H60O11/c1-4-30-55-49-47(56-32-39-22-12-6-13-23-39)46-44(36-59-51(63-46)42-28-18-9-19-29-42)62-53(49)64-45-43(35-54-31-38-20-10-5-11-21-38)61-52(60-37(2)3)50(58-34-41-26-16-8-17-27-41)48(45)57-33-40-24-14-7-15-25-40/h4-29,37,43-53H,1,30-36H2,2-3H3/t43-,44-,45-,46+,47+,48+,49-,50-,51?,52+,53+/m1/s1. The zero-order valence-corrected chi connectivity index (χ0v) is 36.6. The highest BCUT2D eigenvalue weighted by atomic mass is 16.8. The Kier molecular flexibility index (Phi) is 16.9. The highest BCUT2D eigenvalue weighted by Gasteiger charge is 2.56. The SMILES string of the molecule is C=CCO[C@H]1[C@H](O[C@H]2[C@H](OCc3ccccc3)[C@@H](OCc3ccccc3)[C@@H](OC(C)C)O[C@@H]2COCc2ccccc2)O[C@@H]2COC(c3ccccc3)O[C@@H]2[C@@H]1OCc1ccccc1. The molecule has 8 rings (SSSR count). The van der Waals surface area contributed by atoms with Crippen LogP contribution in [0.2, 0.25) is 0 Å². The summed E-state index contributed by atoms with van der Waals surface area (Å²) in [6, 6.07) is 49.9. The average Bonchev–Trinajstić information content (AvgIpc) is 3.33. The number of rotatable bonds is 21. The summed E-state index contributed by atoms with van der Waals surface area (Å²) in [6.07, 6.45) is -6.67. The van der Waals surface area contributed by atoms with Crippen LogP contribution in [0.4, 0.5) is 0 Å². The molecular weight excluding hydrogens is 813 g/mol. The highest BCUT2D eigenvalue weighted by molar-refractivity contribution is 5.18. The van der Waals surface area contributed by atoms with Gasteiger partial charge in [0.05, 0.1) is 52.4 Å². The second kappa shape index (κ2) is 23.5. The molecule has 64 heavy (non-hydrogen) atoms. The first-order valence-electron chi connectivity index (χ1n) is 22.3. The van der Waals surface area contributed by atoms with Crippen molar-refractivity contribution in [1.29, 1.82) is 0 Å². The van der Waals surface area contributed by atoms with Crippen molar-refractivity contribution in [1.82, 2.24) is 0 Å². The molecule has 11 nitrogen and oxygen atoms in total. The molecule has 338 valence electrons. The largest absolute Gasteiger partial charge is 0.374 e. The molecule has 3 fully saturated rings. The molecular formula is C53H60O11. The van der Waals surface area contributed by atoms with Gasteiger partial charge in [0.15, 0.2) is 18.9 Å². The molecule has 0 bridgehead atoms. The number of hydrogen-bond acceptors (Lipinski definition) is 11. The number of hydrogen-bond donors (Lipinski definition) is 0. The molecule has 3 heterocycles. The monoisotopic (exact) mass is 872 g/mol. The highest BCUT2D eigenvalue weighted by Crippen LogP contribution is 2.40. The Balaban J connectivity index is 1.15. The summed E-state index contributed by atoms with van der Waals surface area (Å²) < 4.78 is 74.5. The van der Waals surface area contributed by atoms with Crippen LogP contribution in [0, 0.1) is 0 Å². The zero-order chi connectivity index (χ0) is 43.9. The fourth-order valence-electron chi connectivity index (χ4n) is 8.22. The molecule has 0 spiro atoms. The lowest BCUT2D eigenvalue weighted by Gasteiger charge is -2.51. The van der Waals surface area contributed by atoms with E-state index >= 15 is 0 Å². The molecule has 3 aliphatic rings. The Morgan fingerprint density at radius 3 is 1.59 bits per heavy atom. The molecule has 3 saturated heterocycles. The minimum Gasteiger partial charge on any atom is -0.374 e. The first-order valence-corrected chi connectivity index (χ1v) is 22.3. The Morgan fingerprint density at radius 2 is 1.05 bits per heavy atom. The molecule has 1 unspecified atom stereocenters. The van der Waals surface area contributed by atoms with Crippen LogP contribution in [0.25, 0.3) is 0 Å². The van der Waals surface area contributed by atoms with Gasteiger partial charge in [0.1, 0.15) is 48.8 Å². The van der Waals surface area contributed by atoms with Crippen molar-refractivity contribution >= 4 is 0 Å². The average molecular weight is 873 g/mol. The van der Waals surface area contributed by atoms with E-state index in [1.165, 1.54) is 0 Å². The second-order valence-corrected chi connectivity index (χ2v) is 16.4. The lowest BCUT2D eigenvalue weighted by atomic mass is 9.95. The summed E-state index contributed by atoms with van der Waals surface area (Å²) in [4.78, 5) is 0. The van der Waals surface area contributed by atoms with Gasteiger partial charge in [-0.1, -0.05) is 158 Å². The van der Waals surface area contributed by atoms with E-state index in [0.717, 1.165) is 27.8 Å². The van der Waals surface area contributed by atoms with Crippen LogP contribution in [0.3, 0.4) is 0 Å². The van der Waals surface area contributed by atoms with Crippen LogP contribution in [0.5, 0.6) is 0 Å². The van der Waals surface area contributed by atoms with Gasteiger partial charge >= 0.3 is 0 Å². The molecule has 3 aliphatic heterocycles. The fraction of sp³-hybridized carbons (Fsp3) is 0.396. The van der Waals surface area contributed by atoms with Gasteiger partial charge in [0.2, 0.25) is 0 Å². The number of ether oxygens (including phenoxy) is 11. The lowest BCUT2D eigenvalue weighted by molar-refractivity contribution is -0.397. The lowest BCUT2D eigenvalue weighted by Crippen LogP contribution is -2.67. The Labute approximate surface area is 377 Å². The molecule has 0 amide bonds. The maximum absolute atomic E-state index is 7.30. The van der Waals surface area contributed by atoms with E-state index in [1.54, 1.807) is 6.08 Å². The van der Waals surface area contributed by atoms with Crippen LogP contribution >= 0.6 is 0 Å². The maximum atomic E-state index is 7.30. The topological polar surface area (TPSA) is 102 Å². The zero-order valence-electron chi connectivity index (χ0n) is 36.6. The minimum atomic E-state index is -1.02. The van der Waals surface area contributed by atoms with E-state index in [2.05, 4.69) is 6.58 Å². The third kappa shape index (κ3) is 12.4. The van der Waals surface area contributed by atoms with Gasteiger partial charge in [0.25, 0.3) is 0 Å². The number of benzene rings is 5. The summed E-state index contributed by atoms with van der Waals surface area (Å²) in [5.74, 6) is 0.